The van der Waals surface area contributed by atoms with Crippen molar-refractivity contribution in [3.05, 3.63) is 60.8 Å². The first-order valence-electron chi connectivity index (χ1n) is 21.7. The maximum Gasteiger partial charge on any atom is 0.469 e. The van der Waals surface area contributed by atoms with Crippen LogP contribution in [0.5, 0.6) is 0 Å². The van der Waals surface area contributed by atoms with Crippen molar-refractivity contribution in [2.45, 2.75) is 199 Å². The Bertz CT molecular complexity index is 1090. The molecule has 0 aromatic carbocycles. The normalized spacial score (nSPS) is 13.6. The van der Waals surface area contributed by atoms with Crippen LogP contribution in [0.3, 0.4) is 0 Å². The van der Waals surface area contributed by atoms with Gasteiger partial charge in [0.05, 0.1) is 12.7 Å². The molecule has 10 heteroatoms. The Labute approximate surface area is 335 Å². The first-order chi connectivity index (χ1) is 26.7. The summed E-state index contributed by atoms with van der Waals surface area (Å²) >= 11 is 0. The van der Waals surface area contributed by atoms with Gasteiger partial charge in [0.2, 0.25) is 0 Å². The summed E-state index contributed by atoms with van der Waals surface area (Å²) in [4.78, 5) is 42.9. The quantitative estimate of drug-likeness (QED) is 0.0182. The second kappa shape index (κ2) is 39.9. The van der Waals surface area contributed by atoms with Gasteiger partial charge in [-0.3, -0.25) is 14.1 Å². The molecule has 0 aromatic rings. The van der Waals surface area contributed by atoms with E-state index in [4.69, 9.17) is 19.3 Å². The van der Waals surface area contributed by atoms with E-state index < -0.39 is 38.6 Å². The standard InChI is InChI=1S/C45H79O9P/c1-3-5-7-9-11-12-13-14-15-16-17-18-19-20-21-22-26-31-35-39-45(48)54-43(41-53-55(49,50)51)40-52-44(47)38-34-30-27-23-25-29-33-37-42(46)36-32-28-24-10-8-6-4-2/h14-15,23-24,27-29,32-33,36,42-43,46H,3-13,16-22,25-26,30-31,34-35,37-41H2,1-2H3,(H2,49,50,51)/b15-14-,27-23+,28-24-,33-29-,36-32-/t42-,43-/m1/s1. The van der Waals surface area contributed by atoms with Crippen LogP contribution in [0.25, 0.3) is 0 Å². The zero-order valence-corrected chi connectivity index (χ0v) is 35.6. The highest BCUT2D eigenvalue weighted by atomic mass is 31.2. The molecule has 3 N–H and O–H groups in total. The van der Waals surface area contributed by atoms with Gasteiger partial charge in [0.15, 0.2) is 6.10 Å². The number of carbonyl (C=O) groups is 2. The number of aliphatic hydroxyl groups excluding tert-OH is 1. The molecular weight excluding hydrogens is 715 g/mol. The van der Waals surface area contributed by atoms with Gasteiger partial charge in [-0.15, -0.1) is 0 Å². The lowest BCUT2D eigenvalue weighted by atomic mass is 10.1. The summed E-state index contributed by atoms with van der Waals surface area (Å²) in [5.74, 6) is -0.995. The molecule has 0 bridgehead atoms. The molecule has 0 unspecified atom stereocenters. The first kappa shape index (κ1) is 52.7. The van der Waals surface area contributed by atoms with Crippen molar-refractivity contribution in [1.29, 1.82) is 0 Å². The van der Waals surface area contributed by atoms with Crippen molar-refractivity contribution in [1.82, 2.24) is 0 Å². The fraction of sp³-hybridized carbons (Fsp3) is 0.733. The molecule has 0 aliphatic rings. The van der Waals surface area contributed by atoms with E-state index in [1.165, 1.54) is 103 Å². The number of unbranched alkanes of at least 4 members (excludes halogenated alkanes) is 19. The molecule has 0 spiro atoms. The van der Waals surface area contributed by atoms with E-state index >= 15 is 0 Å². The lowest BCUT2D eigenvalue weighted by molar-refractivity contribution is -0.161. The fourth-order valence-electron chi connectivity index (χ4n) is 5.79. The highest BCUT2D eigenvalue weighted by Gasteiger charge is 2.22. The van der Waals surface area contributed by atoms with Crippen LogP contribution in [0.4, 0.5) is 0 Å². The minimum absolute atomic E-state index is 0.155. The molecule has 55 heavy (non-hydrogen) atoms. The number of phosphoric ester groups is 1. The van der Waals surface area contributed by atoms with Crippen LogP contribution >= 0.6 is 7.82 Å². The Balaban J connectivity index is 4.05. The zero-order valence-electron chi connectivity index (χ0n) is 34.7. The number of aliphatic hydroxyl groups is 1. The Morgan fingerprint density at radius 1 is 0.564 bits per heavy atom. The summed E-state index contributed by atoms with van der Waals surface area (Å²) in [5.41, 5.74) is 0. The SMILES string of the molecule is CCCCC/C=C\C=C/[C@@H](O)C/C=C\C/C=C/CCCC(=O)OC[C@H](COP(=O)(O)O)OC(=O)CCCCCCCCCCC/C=C\CCCCCCCC. The van der Waals surface area contributed by atoms with E-state index in [0.29, 0.717) is 25.7 Å². The summed E-state index contributed by atoms with van der Waals surface area (Å²) < 4.78 is 26.3. The number of hydrogen-bond donors (Lipinski definition) is 3. The summed E-state index contributed by atoms with van der Waals surface area (Å²) in [7, 11) is -4.78. The lowest BCUT2D eigenvalue weighted by Gasteiger charge is -2.18. The third-order valence-electron chi connectivity index (χ3n) is 9.09. The van der Waals surface area contributed by atoms with E-state index in [-0.39, 0.29) is 19.4 Å². The van der Waals surface area contributed by atoms with Gasteiger partial charge in [-0.1, -0.05) is 164 Å². The van der Waals surface area contributed by atoms with E-state index in [0.717, 1.165) is 32.1 Å². The predicted octanol–water partition coefficient (Wildman–Crippen LogP) is 12.3. The van der Waals surface area contributed by atoms with Crippen molar-refractivity contribution < 1.29 is 43.0 Å². The average Bonchev–Trinajstić information content (AvgIpc) is 3.15. The van der Waals surface area contributed by atoms with Crippen molar-refractivity contribution in [2.24, 2.45) is 0 Å². The summed E-state index contributed by atoms with van der Waals surface area (Å²) in [6.45, 7) is 3.53. The molecule has 0 saturated carbocycles. The van der Waals surface area contributed by atoms with Crippen LogP contribution in [0.15, 0.2) is 60.8 Å². The molecule has 0 fully saturated rings. The first-order valence-corrected chi connectivity index (χ1v) is 23.2. The Morgan fingerprint density at radius 3 is 1.69 bits per heavy atom. The van der Waals surface area contributed by atoms with Gasteiger partial charge < -0.3 is 24.4 Å². The van der Waals surface area contributed by atoms with Crippen LogP contribution in [-0.2, 0) is 28.2 Å². The van der Waals surface area contributed by atoms with E-state index in [9.17, 15) is 19.3 Å². The number of ether oxygens (including phenoxy) is 2. The Hall–Kier alpha value is -2.29. The van der Waals surface area contributed by atoms with Crippen LogP contribution < -0.4 is 0 Å². The maximum atomic E-state index is 12.4. The maximum absolute atomic E-state index is 12.4. The van der Waals surface area contributed by atoms with Crippen LogP contribution in [-0.4, -0.2) is 52.3 Å². The number of allylic oxidation sites excluding steroid dienone is 8. The highest BCUT2D eigenvalue weighted by molar-refractivity contribution is 7.46. The minimum Gasteiger partial charge on any atom is -0.462 e. The molecule has 9 nitrogen and oxygen atoms in total. The van der Waals surface area contributed by atoms with Crippen LogP contribution in [0.2, 0.25) is 0 Å². The molecule has 2 atom stereocenters. The second-order valence-electron chi connectivity index (χ2n) is 14.5. The van der Waals surface area contributed by atoms with Crippen LogP contribution in [0.1, 0.15) is 187 Å². The summed E-state index contributed by atoms with van der Waals surface area (Å²) in [6.07, 6.45) is 46.8. The monoisotopic (exact) mass is 795 g/mol. The van der Waals surface area contributed by atoms with Gasteiger partial charge in [-0.25, -0.2) is 4.57 Å². The smallest absolute Gasteiger partial charge is 0.462 e. The van der Waals surface area contributed by atoms with E-state index in [1.54, 1.807) is 6.08 Å². The largest absolute Gasteiger partial charge is 0.469 e. The van der Waals surface area contributed by atoms with Gasteiger partial charge >= 0.3 is 19.8 Å². The number of carbonyl (C=O) groups excluding carboxylic acids is 2. The molecule has 0 aromatic heterocycles. The molecule has 0 amide bonds. The summed E-state index contributed by atoms with van der Waals surface area (Å²) in [6, 6.07) is 0. The minimum atomic E-state index is -4.78. The number of esters is 2. The number of hydrogen-bond acceptors (Lipinski definition) is 7. The molecule has 0 rings (SSSR count). The van der Waals surface area contributed by atoms with Crippen molar-refractivity contribution in [2.75, 3.05) is 13.2 Å². The molecular formula is C45H79O9P. The van der Waals surface area contributed by atoms with Crippen molar-refractivity contribution in [3.8, 4) is 0 Å². The third kappa shape index (κ3) is 42.7. The number of phosphoric acid groups is 1. The average molecular weight is 795 g/mol. The molecule has 0 radical (unpaired) electrons. The third-order valence-corrected chi connectivity index (χ3v) is 9.57. The van der Waals surface area contributed by atoms with Gasteiger partial charge in [-0.2, -0.15) is 0 Å². The van der Waals surface area contributed by atoms with Gasteiger partial charge in [0, 0.05) is 12.8 Å². The number of rotatable bonds is 39. The lowest BCUT2D eigenvalue weighted by Crippen LogP contribution is -2.29. The van der Waals surface area contributed by atoms with Gasteiger partial charge in [0.25, 0.3) is 0 Å². The Morgan fingerprint density at radius 2 is 1.05 bits per heavy atom. The highest BCUT2D eigenvalue weighted by Crippen LogP contribution is 2.36. The predicted molar refractivity (Wildman–Crippen MR) is 227 cm³/mol. The van der Waals surface area contributed by atoms with Crippen LogP contribution in [0, 0.1) is 0 Å². The molecule has 0 aliphatic carbocycles. The van der Waals surface area contributed by atoms with Gasteiger partial charge in [-0.05, 0) is 70.6 Å². The Kier molecular flexibility index (Phi) is 38.3. The van der Waals surface area contributed by atoms with E-state index in [2.05, 4.69) is 36.6 Å². The van der Waals surface area contributed by atoms with Gasteiger partial charge in [0.1, 0.15) is 6.61 Å². The summed E-state index contributed by atoms with van der Waals surface area (Å²) in [5, 5.41) is 10.0. The molecule has 0 saturated heterocycles. The van der Waals surface area contributed by atoms with Crippen molar-refractivity contribution >= 4 is 19.8 Å². The molecule has 0 aliphatic heterocycles. The zero-order chi connectivity index (χ0) is 40.5. The second-order valence-corrected chi connectivity index (χ2v) is 15.8. The van der Waals surface area contributed by atoms with E-state index in [1.807, 2.05) is 36.5 Å². The van der Waals surface area contributed by atoms with Crippen molar-refractivity contribution in [3.63, 3.8) is 0 Å². The topological polar surface area (TPSA) is 140 Å². The molecule has 318 valence electrons. The molecule has 0 heterocycles. The fourth-order valence-corrected chi connectivity index (χ4v) is 6.15.